The molecule has 0 aromatic heterocycles. The van der Waals surface area contributed by atoms with Crippen LogP contribution in [0.2, 0.25) is 0 Å². The zero-order valence-corrected chi connectivity index (χ0v) is 5.95. The fraction of sp³-hybridized carbons (Fsp3) is 1.00. The second-order valence-electron chi connectivity index (χ2n) is 2.18. The summed E-state index contributed by atoms with van der Waals surface area (Å²) < 4.78 is 0. The summed E-state index contributed by atoms with van der Waals surface area (Å²) in [5, 5.41) is 2.62. The molecule has 0 amide bonds. The fourth-order valence-corrected chi connectivity index (χ4v) is 1.88. The zero-order chi connectivity index (χ0) is 5.98. The van der Waals surface area contributed by atoms with Crippen molar-refractivity contribution < 1.29 is 0 Å². The first kappa shape index (κ1) is 6.39. The molecule has 1 unspecified atom stereocenters. The van der Waals surface area contributed by atoms with Crippen LogP contribution >= 0.6 is 11.8 Å². The summed E-state index contributed by atoms with van der Waals surface area (Å²) in [6.45, 7) is 4.31. The van der Waals surface area contributed by atoms with Crippen molar-refractivity contribution in [1.29, 1.82) is 0 Å². The van der Waals surface area contributed by atoms with E-state index in [4.69, 9.17) is 5.84 Å². The molecule has 0 bridgehead atoms. The smallest absolute Gasteiger partial charge is 0.0245 e. The van der Waals surface area contributed by atoms with E-state index in [0.29, 0.717) is 0 Å². The lowest BCUT2D eigenvalue weighted by molar-refractivity contribution is 0.297. The maximum Gasteiger partial charge on any atom is 0.0245 e. The van der Waals surface area contributed by atoms with Gasteiger partial charge in [0.2, 0.25) is 0 Å². The van der Waals surface area contributed by atoms with Gasteiger partial charge in [-0.05, 0) is 0 Å². The molecule has 0 spiro atoms. The Morgan fingerprint density at radius 2 is 2.50 bits per heavy atom. The maximum absolute atomic E-state index is 5.55. The lowest BCUT2D eigenvalue weighted by Gasteiger charge is -2.25. The summed E-state index contributed by atoms with van der Waals surface area (Å²) in [7, 11) is 0. The average molecular weight is 132 g/mol. The lowest BCUT2D eigenvalue weighted by atomic mass is 10.4. The number of nitrogens with zero attached hydrogens (tertiary/aromatic N) is 1. The van der Waals surface area contributed by atoms with Crippen LogP contribution in [0.15, 0.2) is 0 Å². The third-order valence-electron chi connectivity index (χ3n) is 1.27. The zero-order valence-electron chi connectivity index (χ0n) is 5.13. The van der Waals surface area contributed by atoms with E-state index in [2.05, 4.69) is 6.92 Å². The van der Waals surface area contributed by atoms with E-state index >= 15 is 0 Å². The average Bonchev–Trinajstić information content (AvgIpc) is 1.64. The van der Waals surface area contributed by atoms with E-state index in [0.717, 1.165) is 18.3 Å². The Morgan fingerprint density at radius 3 is 2.88 bits per heavy atom. The van der Waals surface area contributed by atoms with Gasteiger partial charge in [-0.15, -0.1) is 0 Å². The molecule has 1 aliphatic heterocycles. The van der Waals surface area contributed by atoms with Crippen LogP contribution in [0.1, 0.15) is 6.92 Å². The SMILES string of the molecule is CC1CN(N)CCS1. The Morgan fingerprint density at radius 1 is 1.75 bits per heavy atom. The molecule has 0 aliphatic carbocycles. The van der Waals surface area contributed by atoms with Crippen molar-refractivity contribution in [2.24, 2.45) is 5.84 Å². The van der Waals surface area contributed by atoms with E-state index in [-0.39, 0.29) is 0 Å². The van der Waals surface area contributed by atoms with Crippen LogP contribution in [-0.2, 0) is 0 Å². The van der Waals surface area contributed by atoms with E-state index in [1.807, 2.05) is 16.8 Å². The highest BCUT2D eigenvalue weighted by molar-refractivity contribution is 7.99. The predicted molar refractivity (Wildman–Crippen MR) is 37.7 cm³/mol. The number of hydrogen-bond acceptors (Lipinski definition) is 3. The second-order valence-corrected chi connectivity index (χ2v) is 3.72. The molecule has 3 heteroatoms. The predicted octanol–water partition coefficient (Wildman–Crippen LogP) is 0.297. The van der Waals surface area contributed by atoms with Gasteiger partial charge < -0.3 is 0 Å². The highest BCUT2D eigenvalue weighted by Crippen LogP contribution is 2.14. The number of rotatable bonds is 0. The van der Waals surface area contributed by atoms with Gasteiger partial charge in [-0.25, -0.2) is 5.01 Å². The molecule has 0 saturated carbocycles. The van der Waals surface area contributed by atoms with Gasteiger partial charge >= 0.3 is 0 Å². The molecule has 2 N–H and O–H groups in total. The standard InChI is InChI=1S/C5H12N2S/c1-5-4-7(6)2-3-8-5/h5H,2-4,6H2,1H3. The van der Waals surface area contributed by atoms with Crippen LogP contribution < -0.4 is 5.84 Å². The Kier molecular flexibility index (Phi) is 2.16. The van der Waals surface area contributed by atoms with Gasteiger partial charge in [-0.3, -0.25) is 5.84 Å². The minimum atomic E-state index is 0.730. The highest BCUT2D eigenvalue weighted by atomic mass is 32.2. The van der Waals surface area contributed by atoms with Crippen LogP contribution in [-0.4, -0.2) is 29.1 Å². The molecule has 2 nitrogen and oxygen atoms in total. The highest BCUT2D eigenvalue weighted by Gasteiger charge is 2.12. The third kappa shape index (κ3) is 1.65. The molecule has 1 heterocycles. The first-order valence-electron chi connectivity index (χ1n) is 2.90. The number of thioether (sulfide) groups is 1. The van der Waals surface area contributed by atoms with E-state index in [1.165, 1.54) is 5.75 Å². The quantitative estimate of drug-likeness (QED) is 0.481. The Labute approximate surface area is 54.4 Å². The van der Waals surface area contributed by atoms with Crippen LogP contribution in [0, 0.1) is 0 Å². The molecule has 1 fully saturated rings. The largest absolute Gasteiger partial charge is 0.269 e. The van der Waals surface area contributed by atoms with Crippen molar-refractivity contribution in [3.63, 3.8) is 0 Å². The summed E-state index contributed by atoms with van der Waals surface area (Å²) in [6.07, 6.45) is 0. The molecular formula is C5H12N2S. The molecule has 1 aliphatic rings. The van der Waals surface area contributed by atoms with Gasteiger partial charge in [0, 0.05) is 24.1 Å². The van der Waals surface area contributed by atoms with Crippen molar-refractivity contribution >= 4 is 11.8 Å². The fourth-order valence-electron chi connectivity index (χ4n) is 0.845. The minimum Gasteiger partial charge on any atom is -0.269 e. The lowest BCUT2D eigenvalue weighted by Crippen LogP contribution is -2.41. The van der Waals surface area contributed by atoms with Crippen LogP contribution in [0.25, 0.3) is 0 Å². The number of nitrogens with two attached hydrogens (primary N) is 1. The molecule has 8 heavy (non-hydrogen) atoms. The Balaban J connectivity index is 2.23. The third-order valence-corrected chi connectivity index (χ3v) is 2.41. The first-order valence-corrected chi connectivity index (χ1v) is 3.95. The van der Waals surface area contributed by atoms with Crippen LogP contribution in [0.3, 0.4) is 0 Å². The van der Waals surface area contributed by atoms with Gasteiger partial charge in [-0.1, -0.05) is 6.92 Å². The van der Waals surface area contributed by atoms with E-state index < -0.39 is 0 Å². The summed E-state index contributed by atoms with van der Waals surface area (Å²) in [5.74, 6) is 6.74. The van der Waals surface area contributed by atoms with Crippen molar-refractivity contribution in [3.05, 3.63) is 0 Å². The molecule has 0 aromatic carbocycles. The van der Waals surface area contributed by atoms with E-state index in [9.17, 15) is 0 Å². The first-order chi connectivity index (χ1) is 3.79. The molecule has 1 atom stereocenters. The summed E-state index contributed by atoms with van der Waals surface area (Å²) >= 11 is 2.00. The summed E-state index contributed by atoms with van der Waals surface area (Å²) in [6, 6.07) is 0. The molecule has 1 saturated heterocycles. The second kappa shape index (κ2) is 2.71. The monoisotopic (exact) mass is 132 g/mol. The van der Waals surface area contributed by atoms with Crippen molar-refractivity contribution in [2.45, 2.75) is 12.2 Å². The van der Waals surface area contributed by atoms with Crippen LogP contribution in [0.5, 0.6) is 0 Å². The summed E-state index contributed by atoms with van der Waals surface area (Å²) in [4.78, 5) is 0. The van der Waals surface area contributed by atoms with Gasteiger partial charge in [0.25, 0.3) is 0 Å². The minimum absolute atomic E-state index is 0.730. The summed E-state index contributed by atoms with van der Waals surface area (Å²) in [5.41, 5.74) is 0. The maximum atomic E-state index is 5.55. The number of hydrogen-bond donors (Lipinski definition) is 1. The normalized spacial score (nSPS) is 33.0. The van der Waals surface area contributed by atoms with Gasteiger partial charge in [0.1, 0.15) is 0 Å². The van der Waals surface area contributed by atoms with Gasteiger partial charge in [0.05, 0.1) is 0 Å². The van der Waals surface area contributed by atoms with Gasteiger partial charge in [-0.2, -0.15) is 11.8 Å². The molecular weight excluding hydrogens is 120 g/mol. The van der Waals surface area contributed by atoms with Crippen molar-refractivity contribution in [3.8, 4) is 0 Å². The molecule has 0 aromatic rings. The molecule has 0 radical (unpaired) electrons. The van der Waals surface area contributed by atoms with Crippen LogP contribution in [0.4, 0.5) is 0 Å². The van der Waals surface area contributed by atoms with Crippen molar-refractivity contribution in [2.75, 3.05) is 18.8 Å². The Bertz CT molecular complexity index is 68.8. The Hall–Kier alpha value is 0.270. The van der Waals surface area contributed by atoms with E-state index in [1.54, 1.807) is 0 Å². The van der Waals surface area contributed by atoms with Crippen molar-refractivity contribution in [1.82, 2.24) is 5.01 Å². The molecule has 1 rings (SSSR count). The molecule has 48 valence electrons. The number of hydrazine groups is 1. The van der Waals surface area contributed by atoms with Gasteiger partial charge in [0.15, 0.2) is 0 Å². The topological polar surface area (TPSA) is 29.3 Å².